The molecule has 136 valence electrons. The Morgan fingerprint density at radius 2 is 1.59 bits per heavy atom. The molecule has 27 heavy (non-hydrogen) atoms. The fraction of sp³-hybridized carbons (Fsp3) is 0.130. The van der Waals surface area contributed by atoms with Gasteiger partial charge in [-0.15, -0.1) is 0 Å². The number of fused-ring (bicyclic) bond motifs is 1. The van der Waals surface area contributed by atoms with Gasteiger partial charge in [0.15, 0.2) is 0 Å². The average molecular weight is 360 g/mol. The minimum atomic E-state index is 0.508. The first-order chi connectivity index (χ1) is 13.3. The first kappa shape index (κ1) is 17.0. The first-order valence-electron chi connectivity index (χ1n) is 8.69. The molecule has 0 bridgehead atoms. The monoisotopic (exact) mass is 360 g/mol. The molecule has 3 aromatic carbocycles. The zero-order valence-corrected chi connectivity index (χ0v) is 15.3. The Morgan fingerprint density at radius 3 is 2.37 bits per heavy atom. The number of hydrogen-bond donors (Lipinski definition) is 0. The van der Waals surface area contributed by atoms with Gasteiger partial charge in [0.25, 0.3) is 0 Å². The normalized spacial score (nSPS) is 10.7. The van der Waals surface area contributed by atoms with Gasteiger partial charge >= 0.3 is 0 Å². The van der Waals surface area contributed by atoms with Gasteiger partial charge in [-0.25, -0.2) is 0 Å². The van der Waals surface area contributed by atoms with Crippen molar-refractivity contribution in [2.24, 2.45) is 0 Å². The second-order valence-electron chi connectivity index (χ2n) is 6.15. The third-order valence-corrected chi connectivity index (χ3v) is 4.41. The van der Waals surface area contributed by atoms with Crippen LogP contribution in [0.2, 0.25) is 0 Å². The molecule has 0 N–H and O–H groups in total. The Balaban J connectivity index is 1.61. The largest absolute Gasteiger partial charge is 0.497 e. The fourth-order valence-corrected chi connectivity index (χ4v) is 2.98. The molecule has 0 radical (unpaired) electrons. The smallest absolute Gasteiger partial charge is 0.139 e. The van der Waals surface area contributed by atoms with Crippen LogP contribution in [0.4, 0.5) is 0 Å². The fourth-order valence-electron chi connectivity index (χ4n) is 2.98. The van der Waals surface area contributed by atoms with Crippen LogP contribution in [0.1, 0.15) is 5.56 Å². The molecule has 0 saturated heterocycles. The van der Waals surface area contributed by atoms with E-state index in [1.807, 2.05) is 72.8 Å². The predicted molar refractivity (Wildman–Crippen MR) is 106 cm³/mol. The first-order valence-corrected chi connectivity index (χ1v) is 8.69. The van der Waals surface area contributed by atoms with Crippen molar-refractivity contribution >= 4 is 11.0 Å². The quantitative estimate of drug-likeness (QED) is 0.442. The molecule has 0 spiro atoms. The zero-order chi connectivity index (χ0) is 18.6. The van der Waals surface area contributed by atoms with Gasteiger partial charge in [0.1, 0.15) is 35.2 Å². The van der Waals surface area contributed by atoms with E-state index in [9.17, 15) is 0 Å². The lowest BCUT2D eigenvalue weighted by Crippen LogP contribution is -1.96. The maximum absolute atomic E-state index is 6.01. The second-order valence-corrected chi connectivity index (χ2v) is 6.15. The van der Waals surface area contributed by atoms with Crippen LogP contribution in [0.3, 0.4) is 0 Å². The minimum Gasteiger partial charge on any atom is -0.497 e. The maximum atomic E-state index is 6.01. The van der Waals surface area contributed by atoms with Crippen molar-refractivity contribution in [2.75, 3.05) is 14.2 Å². The molecule has 0 aliphatic rings. The van der Waals surface area contributed by atoms with E-state index in [-0.39, 0.29) is 0 Å². The van der Waals surface area contributed by atoms with Crippen molar-refractivity contribution in [1.82, 2.24) is 0 Å². The molecular formula is C23H20O4. The third kappa shape index (κ3) is 3.60. The molecular weight excluding hydrogens is 340 g/mol. The van der Waals surface area contributed by atoms with Crippen molar-refractivity contribution < 1.29 is 18.6 Å². The van der Waals surface area contributed by atoms with E-state index < -0.39 is 0 Å². The van der Waals surface area contributed by atoms with Crippen molar-refractivity contribution in [3.05, 3.63) is 78.4 Å². The third-order valence-electron chi connectivity index (χ3n) is 4.41. The summed E-state index contributed by atoms with van der Waals surface area (Å²) in [5.74, 6) is 2.95. The van der Waals surface area contributed by atoms with Crippen LogP contribution in [-0.2, 0) is 6.61 Å². The summed E-state index contributed by atoms with van der Waals surface area (Å²) in [6, 6.07) is 23.6. The van der Waals surface area contributed by atoms with Gasteiger partial charge in [0, 0.05) is 17.5 Å². The van der Waals surface area contributed by atoms with Gasteiger partial charge in [-0.1, -0.05) is 30.3 Å². The van der Waals surface area contributed by atoms with E-state index in [0.717, 1.165) is 39.4 Å². The lowest BCUT2D eigenvalue weighted by atomic mass is 10.1. The summed E-state index contributed by atoms with van der Waals surface area (Å²) < 4.78 is 22.7. The summed E-state index contributed by atoms with van der Waals surface area (Å²) in [6.45, 7) is 0.508. The minimum absolute atomic E-state index is 0.508. The van der Waals surface area contributed by atoms with Crippen LogP contribution in [0.25, 0.3) is 22.3 Å². The summed E-state index contributed by atoms with van der Waals surface area (Å²) in [5.41, 5.74) is 2.77. The molecule has 1 aromatic heterocycles. The van der Waals surface area contributed by atoms with Gasteiger partial charge in [-0.2, -0.15) is 0 Å². The molecule has 4 heteroatoms. The van der Waals surface area contributed by atoms with E-state index in [4.69, 9.17) is 18.6 Å². The number of ether oxygens (including phenoxy) is 3. The molecule has 0 atom stereocenters. The van der Waals surface area contributed by atoms with E-state index in [1.165, 1.54) is 0 Å². The highest BCUT2D eigenvalue weighted by molar-refractivity contribution is 5.85. The highest BCUT2D eigenvalue weighted by Gasteiger charge is 2.13. The van der Waals surface area contributed by atoms with Gasteiger partial charge in [0.05, 0.1) is 19.8 Å². The van der Waals surface area contributed by atoms with Gasteiger partial charge < -0.3 is 18.6 Å². The molecule has 0 aliphatic heterocycles. The molecule has 0 saturated carbocycles. The molecule has 4 aromatic rings. The van der Waals surface area contributed by atoms with E-state index in [0.29, 0.717) is 12.4 Å². The Hall–Kier alpha value is -3.40. The van der Waals surface area contributed by atoms with Crippen LogP contribution >= 0.6 is 0 Å². The zero-order valence-electron chi connectivity index (χ0n) is 15.3. The summed E-state index contributed by atoms with van der Waals surface area (Å²) in [6.07, 6.45) is 0. The summed E-state index contributed by atoms with van der Waals surface area (Å²) in [4.78, 5) is 0. The van der Waals surface area contributed by atoms with Crippen LogP contribution < -0.4 is 14.2 Å². The van der Waals surface area contributed by atoms with Crippen molar-refractivity contribution in [2.45, 2.75) is 6.61 Å². The molecule has 0 amide bonds. The summed E-state index contributed by atoms with van der Waals surface area (Å²) >= 11 is 0. The standard InChI is InChI=1S/C23H20O4/c1-24-18-9-8-17-12-23(27-21(17)13-18)20-11-10-19(14-22(20)25-2)26-15-16-6-4-3-5-7-16/h3-14H,15H2,1-2H3. The number of benzene rings is 3. The summed E-state index contributed by atoms with van der Waals surface area (Å²) in [5, 5.41) is 1.01. The van der Waals surface area contributed by atoms with Crippen LogP contribution in [0.15, 0.2) is 77.2 Å². The molecule has 0 unspecified atom stereocenters. The maximum Gasteiger partial charge on any atom is 0.139 e. The molecule has 0 aliphatic carbocycles. The highest BCUT2D eigenvalue weighted by Crippen LogP contribution is 2.37. The number of hydrogen-bond acceptors (Lipinski definition) is 4. The van der Waals surface area contributed by atoms with Crippen molar-refractivity contribution in [3.63, 3.8) is 0 Å². The van der Waals surface area contributed by atoms with Gasteiger partial charge in [-0.3, -0.25) is 0 Å². The van der Waals surface area contributed by atoms with Crippen LogP contribution in [0, 0.1) is 0 Å². The second kappa shape index (κ2) is 7.46. The number of rotatable bonds is 6. The Morgan fingerprint density at radius 1 is 0.778 bits per heavy atom. The van der Waals surface area contributed by atoms with E-state index >= 15 is 0 Å². The average Bonchev–Trinajstić information content (AvgIpc) is 3.15. The molecule has 4 rings (SSSR count). The number of furan rings is 1. The van der Waals surface area contributed by atoms with Gasteiger partial charge in [0.2, 0.25) is 0 Å². The van der Waals surface area contributed by atoms with Crippen LogP contribution in [-0.4, -0.2) is 14.2 Å². The predicted octanol–water partition coefficient (Wildman–Crippen LogP) is 5.70. The topological polar surface area (TPSA) is 40.8 Å². The SMILES string of the molecule is COc1ccc2cc(-c3ccc(OCc4ccccc4)cc3OC)oc2c1. The number of methoxy groups -OCH3 is 2. The van der Waals surface area contributed by atoms with Crippen LogP contribution in [0.5, 0.6) is 17.2 Å². The Kier molecular flexibility index (Phi) is 4.71. The highest BCUT2D eigenvalue weighted by atomic mass is 16.5. The van der Waals surface area contributed by atoms with Gasteiger partial charge in [-0.05, 0) is 35.9 Å². The molecule has 4 nitrogen and oxygen atoms in total. The van der Waals surface area contributed by atoms with E-state index in [2.05, 4.69) is 0 Å². The summed E-state index contributed by atoms with van der Waals surface area (Å²) in [7, 11) is 3.29. The van der Waals surface area contributed by atoms with E-state index in [1.54, 1.807) is 14.2 Å². The Bertz CT molecular complexity index is 1050. The van der Waals surface area contributed by atoms with Crippen molar-refractivity contribution in [3.8, 4) is 28.6 Å². The lowest BCUT2D eigenvalue weighted by molar-refractivity contribution is 0.303. The Labute approximate surface area is 157 Å². The van der Waals surface area contributed by atoms with Crippen molar-refractivity contribution in [1.29, 1.82) is 0 Å². The molecule has 1 heterocycles. The lowest BCUT2D eigenvalue weighted by Gasteiger charge is -2.10. The molecule has 0 fully saturated rings.